The predicted octanol–water partition coefficient (Wildman–Crippen LogP) is 4.42. The summed E-state index contributed by atoms with van der Waals surface area (Å²) in [6, 6.07) is 12.5. The zero-order valence-corrected chi connectivity index (χ0v) is 23.9. The van der Waals surface area contributed by atoms with Gasteiger partial charge in [-0.05, 0) is 55.5 Å². The van der Waals surface area contributed by atoms with Crippen LogP contribution in [0.2, 0.25) is 0 Å². The van der Waals surface area contributed by atoms with E-state index in [-0.39, 0.29) is 43.5 Å². The van der Waals surface area contributed by atoms with Gasteiger partial charge < -0.3 is 19.6 Å². The number of thioether (sulfide) groups is 1. The first-order chi connectivity index (χ1) is 18.6. The molecule has 3 fully saturated rings. The highest BCUT2D eigenvalue weighted by atomic mass is 32.2. The molecular formula is C31H38N2O5S. The SMILES string of the molecule is C=CCN(C(=O)C1N([C@@H](CO)C(C)C)C(=O)[C@@H]2[C@H](C(=O)OCC)[C@]3(C)CCC12S3)c1ccc2ccccc2c1. The van der Waals surface area contributed by atoms with Gasteiger partial charge in [-0.2, -0.15) is 0 Å². The van der Waals surface area contributed by atoms with Crippen LogP contribution in [0.25, 0.3) is 10.8 Å². The van der Waals surface area contributed by atoms with E-state index in [1.165, 1.54) is 0 Å². The number of carbonyl (C=O) groups excluding carboxylic acids is 3. The molecule has 6 atom stereocenters. The second kappa shape index (κ2) is 10.3. The molecule has 3 aliphatic rings. The fourth-order valence-corrected chi connectivity index (χ4v) is 9.48. The number of anilines is 1. The molecule has 8 heteroatoms. The average Bonchev–Trinajstić information content (AvgIpc) is 3.48. The summed E-state index contributed by atoms with van der Waals surface area (Å²) in [7, 11) is 0. The second-order valence-electron chi connectivity index (χ2n) is 11.5. The Morgan fingerprint density at radius 1 is 1.23 bits per heavy atom. The van der Waals surface area contributed by atoms with Crippen LogP contribution < -0.4 is 4.90 Å². The molecule has 208 valence electrons. The number of esters is 1. The Kier molecular flexibility index (Phi) is 7.31. The van der Waals surface area contributed by atoms with Crippen LogP contribution in [0, 0.1) is 17.8 Å². The van der Waals surface area contributed by atoms with Crippen LogP contribution in [0.3, 0.4) is 0 Å². The number of amides is 2. The molecule has 3 aliphatic heterocycles. The highest BCUT2D eigenvalue weighted by molar-refractivity contribution is 8.02. The van der Waals surface area contributed by atoms with Crippen molar-refractivity contribution in [2.45, 2.75) is 62.1 Å². The number of hydrogen-bond donors (Lipinski definition) is 1. The van der Waals surface area contributed by atoms with Crippen LogP contribution in [0.15, 0.2) is 55.1 Å². The average molecular weight is 551 g/mol. The molecule has 7 nitrogen and oxygen atoms in total. The van der Waals surface area contributed by atoms with Crippen LogP contribution in [0.4, 0.5) is 5.69 Å². The van der Waals surface area contributed by atoms with E-state index in [1.807, 2.05) is 63.2 Å². The van der Waals surface area contributed by atoms with Crippen molar-refractivity contribution < 1.29 is 24.2 Å². The number of aliphatic hydroxyl groups excluding tert-OH is 1. The van der Waals surface area contributed by atoms with Gasteiger partial charge in [0.1, 0.15) is 6.04 Å². The standard InChI is InChI=1S/C31H38N2O5S/c1-6-16-32(22-13-12-20-10-8-9-11-21(20)17-22)28(36)26-31-15-14-30(5,39-31)25(29(37)38-7-2)24(31)27(35)33(26)23(18-34)19(3)4/h6,8-13,17,19,23-26,34H,1,7,14-16,18H2,2-5H3/t23-,24-,25+,26?,30-,31?/m0/s1. The largest absolute Gasteiger partial charge is 0.466 e. The Labute approximate surface area is 234 Å². The maximum absolute atomic E-state index is 14.8. The summed E-state index contributed by atoms with van der Waals surface area (Å²) < 4.78 is 4.21. The molecule has 0 aromatic heterocycles. The third-order valence-corrected chi connectivity index (χ3v) is 10.9. The van der Waals surface area contributed by atoms with Crippen molar-refractivity contribution >= 4 is 46.0 Å². The summed E-state index contributed by atoms with van der Waals surface area (Å²) >= 11 is 1.61. The first-order valence-corrected chi connectivity index (χ1v) is 14.7. The van der Waals surface area contributed by atoms with Gasteiger partial charge >= 0.3 is 5.97 Å². The second-order valence-corrected chi connectivity index (χ2v) is 13.4. The van der Waals surface area contributed by atoms with Gasteiger partial charge in [0.2, 0.25) is 5.91 Å². The molecule has 2 aromatic carbocycles. The summed E-state index contributed by atoms with van der Waals surface area (Å²) in [5.74, 6) is -2.21. The van der Waals surface area contributed by atoms with E-state index < -0.39 is 33.4 Å². The molecular weight excluding hydrogens is 512 g/mol. The maximum atomic E-state index is 14.8. The number of aliphatic hydroxyl groups is 1. The number of benzene rings is 2. The highest BCUT2D eigenvalue weighted by Gasteiger charge is 2.78. The van der Waals surface area contributed by atoms with Crippen molar-refractivity contribution in [3.05, 3.63) is 55.1 Å². The normalized spacial score (nSPS) is 30.1. The first-order valence-electron chi connectivity index (χ1n) is 13.8. The first kappa shape index (κ1) is 27.7. The maximum Gasteiger partial charge on any atom is 0.311 e. The Hall–Kier alpha value is -2.84. The lowest BCUT2D eigenvalue weighted by Crippen LogP contribution is -2.58. The summed E-state index contributed by atoms with van der Waals surface area (Å²) in [6.07, 6.45) is 3.05. The monoisotopic (exact) mass is 550 g/mol. The van der Waals surface area contributed by atoms with Crippen molar-refractivity contribution in [2.75, 3.05) is 24.7 Å². The van der Waals surface area contributed by atoms with Gasteiger partial charge in [0.25, 0.3) is 5.91 Å². The molecule has 5 rings (SSSR count). The molecule has 0 radical (unpaired) electrons. The van der Waals surface area contributed by atoms with E-state index >= 15 is 0 Å². The third kappa shape index (κ3) is 4.18. The molecule has 1 spiro atoms. The van der Waals surface area contributed by atoms with Gasteiger partial charge in [0.15, 0.2) is 0 Å². The number of fused-ring (bicyclic) bond motifs is 2. The van der Waals surface area contributed by atoms with E-state index in [4.69, 9.17) is 4.74 Å². The molecule has 0 aliphatic carbocycles. The van der Waals surface area contributed by atoms with Crippen molar-refractivity contribution in [1.29, 1.82) is 0 Å². The number of likely N-dealkylation sites (tertiary alicyclic amines) is 1. The Morgan fingerprint density at radius 2 is 1.95 bits per heavy atom. The summed E-state index contributed by atoms with van der Waals surface area (Å²) in [5.41, 5.74) is 0.724. The van der Waals surface area contributed by atoms with Gasteiger partial charge in [-0.3, -0.25) is 14.4 Å². The number of rotatable bonds is 9. The minimum Gasteiger partial charge on any atom is -0.466 e. The van der Waals surface area contributed by atoms with Crippen molar-refractivity contribution in [3.63, 3.8) is 0 Å². The molecule has 2 amide bonds. The topological polar surface area (TPSA) is 87.2 Å². The van der Waals surface area contributed by atoms with Crippen LogP contribution in [0.5, 0.6) is 0 Å². The molecule has 3 saturated heterocycles. The molecule has 0 saturated carbocycles. The molecule has 2 bridgehead atoms. The third-order valence-electron chi connectivity index (χ3n) is 8.93. The Balaban J connectivity index is 1.64. The quantitative estimate of drug-likeness (QED) is 0.368. The molecule has 2 unspecified atom stereocenters. The number of carbonyl (C=O) groups is 3. The predicted molar refractivity (Wildman–Crippen MR) is 154 cm³/mol. The van der Waals surface area contributed by atoms with Crippen molar-refractivity contribution in [2.24, 2.45) is 17.8 Å². The van der Waals surface area contributed by atoms with Gasteiger partial charge in [-0.25, -0.2) is 0 Å². The van der Waals surface area contributed by atoms with E-state index in [9.17, 15) is 19.5 Å². The summed E-state index contributed by atoms with van der Waals surface area (Å²) in [6.45, 7) is 11.8. The molecule has 1 N–H and O–H groups in total. The number of nitrogens with zero attached hydrogens (tertiary/aromatic N) is 2. The molecule has 3 heterocycles. The van der Waals surface area contributed by atoms with Crippen LogP contribution in [-0.2, 0) is 19.1 Å². The van der Waals surface area contributed by atoms with Gasteiger partial charge in [-0.1, -0.05) is 50.3 Å². The van der Waals surface area contributed by atoms with E-state index in [0.717, 1.165) is 16.5 Å². The lowest BCUT2D eigenvalue weighted by molar-refractivity contribution is -0.155. The van der Waals surface area contributed by atoms with Gasteiger partial charge in [-0.15, -0.1) is 18.3 Å². The number of hydrogen-bond acceptors (Lipinski definition) is 6. The summed E-state index contributed by atoms with van der Waals surface area (Å²) in [4.78, 5) is 45.7. The van der Waals surface area contributed by atoms with Gasteiger partial charge in [0, 0.05) is 17.0 Å². The minimum absolute atomic E-state index is 0.0863. The highest BCUT2D eigenvalue weighted by Crippen LogP contribution is 2.72. The lowest BCUT2D eigenvalue weighted by atomic mass is 9.66. The summed E-state index contributed by atoms with van der Waals surface area (Å²) in [5, 5.41) is 12.5. The molecule has 39 heavy (non-hydrogen) atoms. The zero-order chi connectivity index (χ0) is 28.1. The smallest absolute Gasteiger partial charge is 0.311 e. The zero-order valence-electron chi connectivity index (χ0n) is 23.1. The fourth-order valence-electron chi connectivity index (χ4n) is 7.15. The van der Waals surface area contributed by atoms with E-state index in [0.29, 0.717) is 12.8 Å². The fraction of sp³-hybridized carbons (Fsp3) is 0.516. The van der Waals surface area contributed by atoms with Crippen molar-refractivity contribution in [1.82, 2.24) is 4.90 Å². The molecule has 2 aromatic rings. The van der Waals surface area contributed by atoms with Gasteiger partial charge in [0.05, 0.1) is 35.8 Å². The van der Waals surface area contributed by atoms with E-state index in [2.05, 4.69) is 6.58 Å². The van der Waals surface area contributed by atoms with Crippen molar-refractivity contribution in [3.8, 4) is 0 Å². The lowest BCUT2D eigenvalue weighted by Gasteiger charge is -2.40. The number of ether oxygens (including phenoxy) is 1. The van der Waals surface area contributed by atoms with Crippen LogP contribution in [-0.4, -0.2) is 69.1 Å². The van der Waals surface area contributed by atoms with Crippen LogP contribution in [0.1, 0.15) is 40.5 Å². The van der Waals surface area contributed by atoms with E-state index in [1.54, 1.807) is 34.6 Å². The minimum atomic E-state index is -0.827. The van der Waals surface area contributed by atoms with Crippen LogP contribution >= 0.6 is 11.8 Å². The Morgan fingerprint density at radius 3 is 2.59 bits per heavy atom. The Bertz CT molecular complexity index is 1310.